The van der Waals surface area contributed by atoms with Gasteiger partial charge in [-0.15, -0.1) is 0 Å². The van der Waals surface area contributed by atoms with E-state index in [4.69, 9.17) is 4.98 Å². The second-order valence-electron chi connectivity index (χ2n) is 6.47. The van der Waals surface area contributed by atoms with Gasteiger partial charge in [-0.25, -0.2) is 4.98 Å². The van der Waals surface area contributed by atoms with E-state index in [2.05, 4.69) is 29.3 Å². The fourth-order valence-electron chi connectivity index (χ4n) is 3.96. The Kier molecular flexibility index (Phi) is 4.25. The average Bonchev–Trinajstić information content (AvgIpc) is 2.53. The van der Waals surface area contributed by atoms with Crippen molar-refractivity contribution in [1.29, 1.82) is 0 Å². The minimum atomic E-state index is 0.364. The summed E-state index contributed by atoms with van der Waals surface area (Å²) in [4.78, 5) is 7.23. The van der Waals surface area contributed by atoms with Crippen molar-refractivity contribution < 1.29 is 0 Å². The Morgan fingerprint density at radius 2 is 2.05 bits per heavy atom. The van der Waals surface area contributed by atoms with Crippen LogP contribution >= 0.6 is 0 Å². The summed E-state index contributed by atoms with van der Waals surface area (Å²) in [5, 5.41) is 3.35. The van der Waals surface area contributed by atoms with Crippen LogP contribution in [0, 0.1) is 11.8 Å². The van der Waals surface area contributed by atoms with E-state index < -0.39 is 0 Å². The predicted octanol–water partition coefficient (Wildman–Crippen LogP) is 3.38. The molecular weight excluding hydrogens is 246 g/mol. The third kappa shape index (κ3) is 2.69. The van der Waals surface area contributed by atoms with Gasteiger partial charge in [0.25, 0.3) is 0 Å². The van der Waals surface area contributed by atoms with E-state index >= 15 is 0 Å². The predicted molar refractivity (Wildman–Crippen MR) is 84.0 cm³/mol. The van der Waals surface area contributed by atoms with Crippen LogP contribution in [0.25, 0.3) is 0 Å². The Morgan fingerprint density at radius 3 is 2.85 bits per heavy atom. The highest BCUT2D eigenvalue weighted by molar-refractivity contribution is 5.48. The SMILES string of the molecule is CNC(C)c1cccnc1N1CCC2CCCCC2C1. The number of anilines is 1. The molecule has 2 aliphatic rings. The summed E-state index contributed by atoms with van der Waals surface area (Å²) in [6.07, 6.45) is 9.05. The lowest BCUT2D eigenvalue weighted by atomic mass is 9.75. The maximum Gasteiger partial charge on any atom is 0.133 e. The molecule has 2 heterocycles. The lowest BCUT2D eigenvalue weighted by Gasteiger charge is -2.42. The van der Waals surface area contributed by atoms with Crippen molar-refractivity contribution in [2.75, 3.05) is 25.0 Å². The lowest BCUT2D eigenvalue weighted by Crippen LogP contribution is -2.42. The van der Waals surface area contributed by atoms with Gasteiger partial charge in [0.1, 0.15) is 5.82 Å². The zero-order valence-electron chi connectivity index (χ0n) is 12.8. The second kappa shape index (κ2) is 6.13. The summed E-state index contributed by atoms with van der Waals surface area (Å²) in [5.74, 6) is 3.09. The van der Waals surface area contributed by atoms with Crippen LogP contribution in [0.2, 0.25) is 0 Å². The topological polar surface area (TPSA) is 28.2 Å². The third-order valence-corrected chi connectivity index (χ3v) is 5.31. The van der Waals surface area contributed by atoms with Gasteiger partial charge >= 0.3 is 0 Å². The summed E-state index contributed by atoms with van der Waals surface area (Å²) >= 11 is 0. The summed E-state index contributed by atoms with van der Waals surface area (Å²) < 4.78 is 0. The molecule has 3 atom stereocenters. The summed E-state index contributed by atoms with van der Waals surface area (Å²) in [6, 6.07) is 4.64. The van der Waals surface area contributed by atoms with Crippen LogP contribution in [0.15, 0.2) is 18.3 Å². The molecule has 110 valence electrons. The zero-order valence-corrected chi connectivity index (χ0v) is 12.8. The summed E-state index contributed by atoms with van der Waals surface area (Å²) in [6.45, 7) is 4.61. The molecule has 1 aliphatic heterocycles. The van der Waals surface area contributed by atoms with Crippen LogP contribution in [-0.2, 0) is 0 Å². The Bertz CT molecular complexity index is 446. The van der Waals surface area contributed by atoms with Crippen molar-refractivity contribution in [2.24, 2.45) is 11.8 Å². The number of nitrogens with zero attached hydrogens (tertiary/aromatic N) is 2. The number of piperidine rings is 1. The fraction of sp³-hybridized carbons (Fsp3) is 0.706. The van der Waals surface area contributed by atoms with Crippen LogP contribution in [0.3, 0.4) is 0 Å². The Hall–Kier alpha value is -1.09. The maximum atomic E-state index is 4.69. The van der Waals surface area contributed by atoms with E-state index in [1.165, 1.54) is 56.6 Å². The number of pyridine rings is 1. The molecule has 3 rings (SSSR count). The van der Waals surface area contributed by atoms with Crippen LogP contribution < -0.4 is 10.2 Å². The number of rotatable bonds is 3. The molecule has 1 aliphatic carbocycles. The molecule has 3 heteroatoms. The van der Waals surface area contributed by atoms with Crippen molar-refractivity contribution in [3.63, 3.8) is 0 Å². The van der Waals surface area contributed by atoms with E-state index in [1.54, 1.807) is 0 Å². The Balaban J connectivity index is 1.79. The van der Waals surface area contributed by atoms with E-state index in [1.807, 2.05) is 13.2 Å². The minimum Gasteiger partial charge on any atom is -0.356 e. The normalized spacial score (nSPS) is 28.0. The first kappa shape index (κ1) is 13.9. The maximum absolute atomic E-state index is 4.69. The molecule has 3 nitrogen and oxygen atoms in total. The van der Waals surface area contributed by atoms with Crippen molar-refractivity contribution >= 4 is 5.82 Å². The smallest absolute Gasteiger partial charge is 0.133 e. The Morgan fingerprint density at radius 1 is 1.25 bits per heavy atom. The average molecular weight is 273 g/mol. The standard InChI is InChI=1S/C17H27N3/c1-13(18-2)16-8-5-10-19-17(16)20-11-9-14-6-3-4-7-15(14)12-20/h5,8,10,13-15,18H,3-4,6-7,9,11-12H2,1-2H3. The van der Waals surface area contributed by atoms with E-state index in [9.17, 15) is 0 Å². The summed E-state index contributed by atoms with van der Waals surface area (Å²) in [5.41, 5.74) is 1.34. The van der Waals surface area contributed by atoms with Gasteiger partial charge in [-0.05, 0) is 44.7 Å². The fourth-order valence-corrected chi connectivity index (χ4v) is 3.96. The van der Waals surface area contributed by atoms with Crippen LogP contribution in [-0.4, -0.2) is 25.1 Å². The molecule has 20 heavy (non-hydrogen) atoms. The van der Waals surface area contributed by atoms with E-state index in [-0.39, 0.29) is 0 Å². The molecule has 1 aromatic heterocycles. The first-order chi connectivity index (χ1) is 9.79. The van der Waals surface area contributed by atoms with Gasteiger partial charge in [-0.3, -0.25) is 0 Å². The second-order valence-corrected chi connectivity index (χ2v) is 6.47. The molecule has 1 aromatic rings. The van der Waals surface area contributed by atoms with Gasteiger partial charge in [0.2, 0.25) is 0 Å². The molecule has 0 spiro atoms. The largest absolute Gasteiger partial charge is 0.356 e. The van der Waals surface area contributed by atoms with Crippen molar-refractivity contribution in [2.45, 2.75) is 45.1 Å². The number of fused-ring (bicyclic) bond motifs is 1. The molecule has 0 aromatic carbocycles. The summed E-state index contributed by atoms with van der Waals surface area (Å²) in [7, 11) is 2.02. The molecule has 0 radical (unpaired) electrons. The van der Waals surface area contributed by atoms with Crippen LogP contribution in [0.4, 0.5) is 5.82 Å². The van der Waals surface area contributed by atoms with E-state index in [0.717, 1.165) is 11.8 Å². The molecule has 0 bridgehead atoms. The van der Waals surface area contributed by atoms with Gasteiger partial charge in [0.15, 0.2) is 0 Å². The number of hydrogen-bond acceptors (Lipinski definition) is 3. The molecular formula is C17H27N3. The highest BCUT2D eigenvalue weighted by Gasteiger charge is 2.32. The minimum absolute atomic E-state index is 0.364. The van der Waals surface area contributed by atoms with Crippen LogP contribution in [0.5, 0.6) is 0 Å². The first-order valence-corrected chi connectivity index (χ1v) is 8.16. The van der Waals surface area contributed by atoms with Gasteiger partial charge in [0.05, 0.1) is 0 Å². The van der Waals surface area contributed by atoms with Gasteiger partial charge in [-0.2, -0.15) is 0 Å². The highest BCUT2D eigenvalue weighted by Crippen LogP contribution is 2.38. The van der Waals surface area contributed by atoms with Crippen LogP contribution in [0.1, 0.15) is 50.6 Å². The van der Waals surface area contributed by atoms with Crippen molar-refractivity contribution in [3.05, 3.63) is 23.9 Å². The molecule has 2 fully saturated rings. The number of nitrogens with one attached hydrogen (secondary N) is 1. The third-order valence-electron chi connectivity index (χ3n) is 5.31. The number of aromatic nitrogens is 1. The molecule has 3 unspecified atom stereocenters. The quantitative estimate of drug-likeness (QED) is 0.915. The molecule has 0 amide bonds. The molecule has 1 saturated carbocycles. The highest BCUT2D eigenvalue weighted by atomic mass is 15.2. The monoisotopic (exact) mass is 273 g/mol. The zero-order chi connectivity index (χ0) is 13.9. The van der Waals surface area contributed by atoms with E-state index in [0.29, 0.717) is 6.04 Å². The number of hydrogen-bond donors (Lipinski definition) is 1. The van der Waals surface area contributed by atoms with Crippen molar-refractivity contribution in [3.8, 4) is 0 Å². The first-order valence-electron chi connectivity index (χ1n) is 8.16. The van der Waals surface area contributed by atoms with Crippen molar-refractivity contribution in [1.82, 2.24) is 10.3 Å². The van der Waals surface area contributed by atoms with Gasteiger partial charge in [-0.1, -0.05) is 25.3 Å². The molecule has 1 N–H and O–H groups in total. The lowest BCUT2D eigenvalue weighted by molar-refractivity contribution is 0.202. The van der Waals surface area contributed by atoms with Gasteiger partial charge < -0.3 is 10.2 Å². The Labute approximate surface area is 122 Å². The van der Waals surface area contributed by atoms with Gasteiger partial charge in [0, 0.05) is 30.9 Å². The molecule has 1 saturated heterocycles.